The van der Waals surface area contributed by atoms with Crippen LogP contribution in [0.2, 0.25) is 0 Å². The van der Waals surface area contributed by atoms with Gasteiger partial charge in [0.15, 0.2) is 0 Å². The fourth-order valence-electron chi connectivity index (χ4n) is 6.01. The number of benzene rings is 3. The van der Waals surface area contributed by atoms with Crippen molar-refractivity contribution in [2.24, 2.45) is 0 Å². The molecule has 0 bridgehead atoms. The van der Waals surface area contributed by atoms with Gasteiger partial charge in [-0.3, -0.25) is 13.9 Å². The van der Waals surface area contributed by atoms with Gasteiger partial charge in [-0.05, 0) is 61.4 Å². The lowest BCUT2D eigenvalue weighted by atomic mass is 9.94. The SMILES string of the molecule is CCc1ccc(N(CCCC(=O)N(Cc2cccc(C)c2)[C@@H](Cc2ccccc2)C(=O)NC2CCCCC2)S(C)(=O)=O)cc1. The molecule has 1 aliphatic rings. The number of rotatable bonds is 14. The minimum atomic E-state index is -3.55. The third kappa shape index (κ3) is 9.68. The first-order valence-electron chi connectivity index (χ1n) is 15.9. The van der Waals surface area contributed by atoms with E-state index in [9.17, 15) is 18.0 Å². The molecule has 2 amide bonds. The van der Waals surface area contributed by atoms with Crippen molar-refractivity contribution in [3.05, 3.63) is 101 Å². The minimum absolute atomic E-state index is 0.118. The topological polar surface area (TPSA) is 86.8 Å². The Kier molecular flexibility index (Phi) is 12.0. The molecule has 3 aromatic carbocycles. The smallest absolute Gasteiger partial charge is 0.243 e. The molecule has 0 spiro atoms. The number of anilines is 1. The number of nitrogens with one attached hydrogen (secondary N) is 1. The summed E-state index contributed by atoms with van der Waals surface area (Å²) in [6.45, 7) is 4.54. The zero-order valence-corrected chi connectivity index (χ0v) is 27.2. The van der Waals surface area contributed by atoms with Crippen LogP contribution in [0.5, 0.6) is 0 Å². The van der Waals surface area contributed by atoms with Crippen LogP contribution in [-0.2, 0) is 39.0 Å². The van der Waals surface area contributed by atoms with Crippen LogP contribution in [0.25, 0.3) is 0 Å². The number of hydrogen-bond acceptors (Lipinski definition) is 4. The molecular weight excluding hydrogens is 570 g/mol. The molecule has 0 aliphatic heterocycles. The highest BCUT2D eigenvalue weighted by molar-refractivity contribution is 7.92. The molecule has 1 N–H and O–H groups in total. The second kappa shape index (κ2) is 15.9. The number of hydrogen-bond donors (Lipinski definition) is 1. The molecule has 7 nitrogen and oxygen atoms in total. The normalized spacial score (nSPS) is 14.5. The Bertz CT molecular complexity index is 1470. The van der Waals surface area contributed by atoms with Crippen LogP contribution in [0.1, 0.15) is 74.1 Å². The molecule has 0 aromatic heterocycles. The maximum atomic E-state index is 14.1. The molecule has 1 atom stereocenters. The average Bonchev–Trinajstić information content (AvgIpc) is 3.01. The lowest BCUT2D eigenvalue weighted by molar-refractivity contribution is -0.141. The van der Waals surface area contributed by atoms with Crippen molar-refractivity contribution in [1.82, 2.24) is 10.2 Å². The summed E-state index contributed by atoms with van der Waals surface area (Å²) in [4.78, 5) is 29.8. The molecule has 0 radical (unpaired) electrons. The van der Waals surface area contributed by atoms with Gasteiger partial charge in [0.05, 0.1) is 11.9 Å². The first-order valence-corrected chi connectivity index (χ1v) is 17.7. The highest BCUT2D eigenvalue weighted by Crippen LogP contribution is 2.22. The van der Waals surface area contributed by atoms with E-state index in [4.69, 9.17) is 0 Å². The number of aryl methyl sites for hydroxylation is 2. The van der Waals surface area contributed by atoms with Gasteiger partial charge in [-0.25, -0.2) is 8.42 Å². The summed E-state index contributed by atoms with van der Waals surface area (Å²) in [7, 11) is -3.55. The van der Waals surface area contributed by atoms with Crippen molar-refractivity contribution in [1.29, 1.82) is 0 Å². The molecule has 1 aliphatic carbocycles. The maximum Gasteiger partial charge on any atom is 0.243 e. The summed E-state index contributed by atoms with van der Waals surface area (Å²) >= 11 is 0. The number of carbonyl (C=O) groups excluding carboxylic acids is 2. The summed E-state index contributed by atoms with van der Waals surface area (Å²) in [5.41, 5.74) is 4.73. The fraction of sp³-hybridized carbons (Fsp3) is 0.444. The van der Waals surface area contributed by atoms with Crippen molar-refractivity contribution in [2.45, 2.75) is 90.3 Å². The van der Waals surface area contributed by atoms with Gasteiger partial charge in [0.1, 0.15) is 6.04 Å². The molecule has 3 aromatic rings. The Labute approximate surface area is 263 Å². The average molecular weight is 618 g/mol. The van der Waals surface area contributed by atoms with Gasteiger partial charge in [0, 0.05) is 32.0 Å². The molecule has 0 unspecified atom stereocenters. The van der Waals surface area contributed by atoms with Crippen LogP contribution in [0, 0.1) is 6.92 Å². The first-order chi connectivity index (χ1) is 21.1. The van der Waals surface area contributed by atoms with Crippen LogP contribution in [0.15, 0.2) is 78.9 Å². The van der Waals surface area contributed by atoms with E-state index in [-0.39, 0.29) is 30.8 Å². The molecule has 1 fully saturated rings. The molecule has 0 heterocycles. The second-order valence-electron chi connectivity index (χ2n) is 12.0. The second-order valence-corrected chi connectivity index (χ2v) is 13.9. The number of carbonyl (C=O) groups is 2. The molecule has 8 heteroatoms. The lowest BCUT2D eigenvalue weighted by Gasteiger charge is -2.34. The zero-order valence-electron chi connectivity index (χ0n) is 26.4. The Balaban J connectivity index is 1.58. The van der Waals surface area contributed by atoms with Crippen LogP contribution < -0.4 is 9.62 Å². The van der Waals surface area contributed by atoms with Crippen LogP contribution >= 0.6 is 0 Å². The van der Waals surface area contributed by atoms with Gasteiger partial charge in [0.2, 0.25) is 21.8 Å². The summed E-state index contributed by atoms with van der Waals surface area (Å²) in [6, 6.07) is 24.8. The molecule has 44 heavy (non-hydrogen) atoms. The van der Waals surface area contributed by atoms with Crippen molar-refractivity contribution in [2.75, 3.05) is 17.1 Å². The summed E-state index contributed by atoms with van der Waals surface area (Å²) in [6.07, 6.45) is 8.19. The van der Waals surface area contributed by atoms with Gasteiger partial charge >= 0.3 is 0 Å². The highest BCUT2D eigenvalue weighted by Gasteiger charge is 2.32. The highest BCUT2D eigenvalue weighted by atomic mass is 32.2. The quantitative estimate of drug-likeness (QED) is 0.234. The van der Waals surface area contributed by atoms with Gasteiger partial charge in [-0.1, -0.05) is 98.5 Å². The predicted octanol–water partition coefficient (Wildman–Crippen LogP) is 6.19. The Morgan fingerprint density at radius 2 is 1.57 bits per heavy atom. The monoisotopic (exact) mass is 617 g/mol. The molecule has 4 rings (SSSR count). The van der Waals surface area contributed by atoms with Gasteiger partial charge < -0.3 is 10.2 Å². The Hall–Kier alpha value is -3.65. The third-order valence-electron chi connectivity index (χ3n) is 8.44. The summed E-state index contributed by atoms with van der Waals surface area (Å²) in [5.74, 6) is -0.295. The largest absolute Gasteiger partial charge is 0.352 e. The van der Waals surface area contributed by atoms with E-state index in [1.807, 2.05) is 85.8 Å². The van der Waals surface area contributed by atoms with Gasteiger partial charge in [-0.15, -0.1) is 0 Å². The third-order valence-corrected chi connectivity index (χ3v) is 9.64. The number of amides is 2. The number of nitrogens with zero attached hydrogens (tertiary/aromatic N) is 2. The standard InChI is InChI=1S/C36H47N3O4S/c1-4-29-20-22-33(23-21-29)39(44(3,42)43)24-12-19-35(40)38(27-31-16-11-13-28(2)25-31)34(26-30-14-7-5-8-15-30)36(41)37-32-17-9-6-10-18-32/h5,7-8,11,13-16,20-23,25,32,34H,4,6,9-10,12,17-19,24,26-27H2,1-3H3,(H,37,41)/t34-/m0/s1. The first kappa shape index (κ1) is 33.2. The van der Waals surface area contributed by atoms with Crippen LogP contribution in [0.3, 0.4) is 0 Å². The fourth-order valence-corrected chi connectivity index (χ4v) is 6.97. The van der Waals surface area contributed by atoms with Crippen LogP contribution in [0.4, 0.5) is 5.69 Å². The van der Waals surface area contributed by atoms with Crippen molar-refractivity contribution >= 4 is 27.5 Å². The molecule has 1 saturated carbocycles. The van der Waals surface area contributed by atoms with Crippen molar-refractivity contribution in [3.8, 4) is 0 Å². The number of sulfonamides is 1. The van der Waals surface area contributed by atoms with Crippen LogP contribution in [-0.4, -0.2) is 50.0 Å². The van der Waals surface area contributed by atoms with E-state index < -0.39 is 16.1 Å². The van der Waals surface area contributed by atoms with E-state index in [0.29, 0.717) is 25.1 Å². The molecule has 236 valence electrons. The summed E-state index contributed by atoms with van der Waals surface area (Å²) < 4.78 is 26.8. The van der Waals surface area contributed by atoms with E-state index in [1.54, 1.807) is 4.90 Å². The summed E-state index contributed by atoms with van der Waals surface area (Å²) in [5, 5.41) is 3.28. The molecule has 0 saturated heterocycles. The lowest BCUT2D eigenvalue weighted by Crippen LogP contribution is -2.53. The van der Waals surface area contributed by atoms with Crippen molar-refractivity contribution in [3.63, 3.8) is 0 Å². The van der Waals surface area contributed by atoms with E-state index in [0.717, 1.165) is 54.4 Å². The maximum absolute atomic E-state index is 14.1. The van der Waals surface area contributed by atoms with Crippen molar-refractivity contribution < 1.29 is 18.0 Å². The minimum Gasteiger partial charge on any atom is -0.352 e. The molecular formula is C36H47N3O4S. The van der Waals surface area contributed by atoms with E-state index in [2.05, 4.69) is 12.2 Å². The van der Waals surface area contributed by atoms with E-state index >= 15 is 0 Å². The Morgan fingerprint density at radius 1 is 0.886 bits per heavy atom. The zero-order chi connectivity index (χ0) is 31.5. The van der Waals surface area contributed by atoms with E-state index in [1.165, 1.54) is 17.0 Å². The Morgan fingerprint density at radius 3 is 2.20 bits per heavy atom. The van der Waals surface area contributed by atoms with Gasteiger partial charge in [0.25, 0.3) is 0 Å². The van der Waals surface area contributed by atoms with Gasteiger partial charge in [-0.2, -0.15) is 0 Å². The predicted molar refractivity (Wildman–Crippen MR) is 178 cm³/mol.